The van der Waals surface area contributed by atoms with Crippen LogP contribution in [0.3, 0.4) is 0 Å². The van der Waals surface area contributed by atoms with Crippen molar-refractivity contribution in [3.05, 3.63) is 95.6 Å². The normalized spacial score (nSPS) is 10.1. The molecule has 5 heteroatoms. The number of nitrogens with zero attached hydrogens (tertiary/aromatic N) is 3. The average Bonchev–Trinajstić information content (AvgIpc) is 2.66. The summed E-state index contributed by atoms with van der Waals surface area (Å²) in [5.41, 5.74) is 2.02. The molecular weight excluding hydrogens is 317 g/mol. The van der Waals surface area contributed by atoms with Crippen LogP contribution in [-0.4, -0.2) is 10.9 Å². The van der Waals surface area contributed by atoms with Gasteiger partial charge in [-0.2, -0.15) is 5.26 Å². The van der Waals surface area contributed by atoms with Crippen LogP contribution in [0.1, 0.15) is 21.5 Å². The molecule has 0 fully saturated rings. The third-order valence-electron chi connectivity index (χ3n) is 3.67. The molecule has 2 aromatic carbocycles. The minimum atomic E-state index is -0.424. The molecule has 0 saturated carbocycles. The summed E-state index contributed by atoms with van der Waals surface area (Å²) in [6.07, 6.45) is 3.31. The van der Waals surface area contributed by atoms with Crippen molar-refractivity contribution in [3.8, 4) is 6.07 Å². The van der Waals surface area contributed by atoms with E-state index in [1.54, 1.807) is 48.8 Å². The van der Waals surface area contributed by atoms with Gasteiger partial charge in [0.15, 0.2) is 0 Å². The minimum Gasteiger partial charge on any atom is -0.304 e. The van der Waals surface area contributed by atoms with Gasteiger partial charge in [-0.25, -0.2) is 4.39 Å². The van der Waals surface area contributed by atoms with Gasteiger partial charge in [0.1, 0.15) is 5.82 Å². The first-order valence-corrected chi connectivity index (χ1v) is 7.64. The molecule has 3 aromatic rings. The van der Waals surface area contributed by atoms with Crippen molar-refractivity contribution in [2.45, 2.75) is 6.54 Å². The molecule has 0 radical (unpaired) electrons. The van der Waals surface area contributed by atoms with E-state index in [1.807, 2.05) is 12.1 Å². The van der Waals surface area contributed by atoms with Gasteiger partial charge in [-0.05, 0) is 48.0 Å². The Morgan fingerprint density at radius 2 is 1.96 bits per heavy atom. The van der Waals surface area contributed by atoms with Gasteiger partial charge in [-0.3, -0.25) is 9.78 Å². The SMILES string of the molecule is N#Cc1cccc(C(=O)N(Cc2cccnc2)c2cccc(F)c2)c1. The van der Waals surface area contributed by atoms with Crippen LogP contribution in [0.15, 0.2) is 73.1 Å². The highest BCUT2D eigenvalue weighted by Gasteiger charge is 2.19. The van der Waals surface area contributed by atoms with Crippen LogP contribution in [0.25, 0.3) is 0 Å². The van der Waals surface area contributed by atoms with Crippen LogP contribution in [0.5, 0.6) is 0 Å². The Labute approximate surface area is 144 Å². The molecule has 1 amide bonds. The summed E-state index contributed by atoms with van der Waals surface area (Å²) in [6.45, 7) is 0.243. The maximum absolute atomic E-state index is 13.7. The van der Waals surface area contributed by atoms with Gasteiger partial charge in [0.25, 0.3) is 5.91 Å². The third-order valence-corrected chi connectivity index (χ3v) is 3.67. The monoisotopic (exact) mass is 331 g/mol. The maximum atomic E-state index is 13.7. The second-order valence-corrected chi connectivity index (χ2v) is 5.43. The predicted molar refractivity (Wildman–Crippen MR) is 92.3 cm³/mol. The summed E-state index contributed by atoms with van der Waals surface area (Å²) in [4.78, 5) is 18.5. The Morgan fingerprint density at radius 3 is 2.68 bits per heavy atom. The Kier molecular flexibility index (Phi) is 4.82. The van der Waals surface area contributed by atoms with E-state index in [-0.39, 0.29) is 12.5 Å². The summed E-state index contributed by atoms with van der Waals surface area (Å²) in [5.74, 6) is -0.737. The van der Waals surface area contributed by atoms with Crippen molar-refractivity contribution in [2.75, 3.05) is 4.90 Å². The Bertz CT molecular complexity index is 935. The number of carbonyl (C=O) groups is 1. The third kappa shape index (κ3) is 3.88. The van der Waals surface area contributed by atoms with Gasteiger partial charge in [0.2, 0.25) is 0 Å². The van der Waals surface area contributed by atoms with Crippen LogP contribution in [0.2, 0.25) is 0 Å². The first-order valence-electron chi connectivity index (χ1n) is 7.64. The molecule has 0 bridgehead atoms. The summed E-state index contributed by atoms with van der Waals surface area (Å²) in [6, 6.07) is 17.9. The van der Waals surface area contributed by atoms with Gasteiger partial charge in [-0.15, -0.1) is 0 Å². The standard InChI is InChI=1S/C20H14FN3O/c21-18-7-2-8-19(11-18)24(14-16-5-3-9-23-13-16)20(25)17-6-1-4-15(10-17)12-22/h1-11,13H,14H2. The van der Waals surface area contributed by atoms with Crippen LogP contribution in [0.4, 0.5) is 10.1 Å². The van der Waals surface area contributed by atoms with Crippen molar-refractivity contribution in [1.29, 1.82) is 5.26 Å². The van der Waals surface area contributed by atoms with Crippen LogP contribution >= 0.6 is 0 Å². The first kappa shape index (κ1) is 16.3. The molecule has 122 valence electrons. The number of rotatable bonds is 4. The number of benzene rings is 2. The lowest BCUT2D eigenvalue weighted by atomic mass is 10.1. The molecule has 4 nitrogen and oxygen atoms in total. The molecule has 0 atom stereocenters. The number of hydrogen-bond acceptors (Lipinski definition) is 3. The molecule has 0 saturated heterocycles. The number of anilines is 1. The molecule has 1 heterocycles. The van der Waals surface area contributed by atoms with Crippen molar-refractivity contribution >= 4 is 11.6 Å². The predicted octanol–water partition coefficient (Wildman–Crippen LogP) is 3.94. The zero-order valence-corrected chi connectivity index (χ0v) is 13.3. The van der Waals surface area contributed by atoms with Crippen molar-refractivity contribution in [2.24, 2.45) is 0 Å². The smallest absolute Gasteiger partial charge is 0.258 e. The number of pyridine rings is 1. The highest BCUT2D eigenvalue weighted by atomic mass is 19.1. The van der Waals surface area contributed by atoms with E-state index < -0.39 is 5.82 Å². The number of aromatic nitrogens is 1. The quantitative estimate of drug-likeness (QED) is 0.727. The summed E-state index contributed by atoms with van der Waals surface area (Å²) in [5, 5.41) is 9.04. The molecule has 25 heavy (non-hydrogen) atoms. The van der Waals surface area contributed by atoms with Crippen molar-refractivity contribution in [3.63, 3.8) is 0 Å². The van der Waals surface area contributed by atoms with Gasteiger partial charge < -0.3 is 4.90 Å². The second kappa shape index (κ2) is 7.37. The molecule has 0 unspecified atom stereocenters. The van der Waals surface area contributed by atoms with Crippen LogP contribution in [0, 0.1) is 17.1 Å². The first-order chi connectivity index (χ1) is 12.2. The topological polar surface area (TPSA) is 57.0 Å². The summed E-state index contributed by atoms with van der Waals surface area (Å²) in [7, 11) is 0. The Morgan fingerprint density at radius 1 is 1.12 bits per heavy atom. The lowest BCUT2D eigenvalue weighted by Crippen LogP contribution is -2.30. The van der Waals surface area contributed by atoms with Crippen LogP contribution < -0.4 is 4.90 Å². The maximum Gasteiger partial charge on any atom is 0.258 e. The molecule has 3 rings (SSSR count). The number of nitriles is 1. The lowest BCUT2D eigenvalue weighted by molar-refractivity contribution is 0.0985. The molecule has 1 aromatic heterocycles. The van der Waals surface area contributed by atoms with E-state index >= 15 is 0 Å². The van der Waals surface area contributed by atoms with E-state index in [0.29, 0.717) is 16.8 Å². The fraction of sp³-hybridized carbons (Fsp3) is 0.0500. The van der Waals surface area contributed by atoms with Gasteiger partial charge in [0, 0.05) is 23.6 Å². The van der Waals surface area contributed by atoms with Crippen molar-refractivity contribution < 1.29 is 9.18 Å². The average molecular weight is 331 g/mol. The number of carbonyl (C=O) groups excluding carboxylic acids is 1. The van der Waals surface area contributed by atoms with Crippen LogP contribution in [-0.2, 0) is 6.54 Å². The fourth-order valence-corrected chi connectivity index (χ4v) is 2.48. The minimum absolute atomic E-state index is 0.243. The van der Waals surface area contributed by atoms with Crippen molar-refractivity contribution in [1.82, 2.24) is 4.98 Å². The van der Waals surface area contributed by atoms with E-state index in [0.717, 1.165) is 5.56 Å². The lowest BCUT2D eigenvalue weighted by Gasteiger charge is -2.23. The van der Waals surface area contributed by atoms with Gasteiger partial charge in [0.05, 0.1) is 18.2 Å². The Balaban J connectivity index is 2.00. The highest BCUT2D eigenvalue weighted by molar-refractivity contribution is 6.06. The molecule has 0 aliphatic heterocycles. The second-order valence-electron chi connectivity index (χ2n) is 5.43. The zero-order valence-electron chi connectivity index (χ0n) is 13.3. The Hall–Kier alpha value is -3.52. The summed E-state index contributed by atoms with van der Waals surface area (Å²) >= 11 is 0. The molecule has 0 spiro atoms. The number of amides is 1. The van der Waals surface area contributed by atoms with E-state index in [1.165, 1.54) is 23.1 Å². The molecule has 0 aliphatic carbocycles. The van der Waals surface area contributed by atoms with E-state index in [9.17, 15) is 9.18 Å². The molecule has 0 aliphatic rings. The van der Waals surface area contributed by atoms with Gasteiger partial charge >= 0.3 is 0 Å². The zero-order chi connectivity index (χ0) is 17.6. The molecule has 0 N–H and O–H groups in total. The number of halogens is 1. The molecular formula is C20H14FN3O. The van der Waals surface area contributed by atoms with E-state index in [2.05, 4.69) is 4.98 Å². The fourth-order valence-electron chi connectivity index (χ4n) is 2.48. The number of hydrogen-bond donors (Lipinski definition) is 0. The largest absolute Gasteiger partial charge is 0.304 e. The van der Waals surface area contributed by atoms with Gasteiger partial charge in [-0.1, -0.05) is 18.2 Å². The van der Waals surface area contributed by atoms with E-state index in [4.69, 9.17) is 5.26 Å². The highest BCUT2D eigenvalue weighted by Crippen LogP contribution is 2.21. The summed E-state index contributed by atoms with van der Waals surface area (Å²) < 4.78 is 13.7.